The first-order valence-electron chi connectivity index (χ1n) is 6.63. The summed E-state index contributed by atoms with van der Waals surface area (Å²) >= 11 is 12.3. The first kappa shape index (κ1) is 16.8. The molecule has 0 spiro atoms. The normalized spacial score (nSPS) is 13.9. The number of nitrogens with one attached hydrogen (secondary N) is 1. The zero-order valence-electron chi connectivity index (χ0n) is 12.4. The summed E-state index contributed by atoms with van der Waals surface area (Å²) in [6, 6.07) is 5.96. The van der Waals surface area contributed by atoms with Gasteiger partial charge in [0.2, 0.25) is 0 Å². The molecular weight excluding hydrogens is 279 g/mol. The molecule has 0 amide bonds. The van der Waals surface area contributed by atoms with Crippen molar-refractivity contribution < 1.29 is 0 Å². The highest BCUT2D eigenvalue weighted by Crippen LogP contribution is 2.26. The summed E-state index contributed by atoms with van der Waals surface area (Å²) in [4.78, 5) is 2.23. The second kappa shape index (κ2) is 6.94. The predicted molar refractivity (Wildman–Crippen MR) is 85.4 cm³/mol. The van der Waals surface area contributed by atoms with Crippen LogP contribution < -0.4 is 5.32 Å². The molecule has 1 atom stereocenters. The maximum atomic E-state index is 6.27. The Morgan fingerprint density at radius 2 is 1.89 bits per heavy atom. The topological polar surface area (TPSA) is 15.3 Å². The monoisotopic (exact) mass is 302 g/mol. The molecule has 1 aromatic carbocycles. The third-order valence-electron chi connectivity index (χ3n) is 3.89. The molecule has 0 aliphatic carbocycles. The number of rotatable bonds is 6. The number of nitrogens with zero attached hydrogens (tertiary/aromatic N) is 1. The van der Waals surface area contributed by atoms with Crippen LogP contribution in [0, 0.1) is 0 Å². The molecule has 0 heterocycles. The summed E-state index contributed by atoms with van der Waals surface area (Å²) in [7, 11) is 4.20. The van der Waals surface area contributed by atoms with Crippen LogP contribution in [0.5, 0.6) is 0 Å². The van der Waals surface area contributed by atoms with Gasteiger partial charge in [0.05, 0.1) is 0 Å². The van der Waals surface area contributed by atoms with Gasteiger partial charge in [-0.25, -0.2) is 0 Å². The fourth-order valence-corrected chi connectivity index (χ4v) is 2.44. The Morgan fingerprint density at radius 3 is 2.42 bits per heavy atom. The van der Waals surface area contributed by atoms with Gasteiger partial charge in [-0.2, -0.15) is 0 Å². The van der Waals surface area contributed by atoms with E-state index in [4.69, 9.17) is 23.2 Å². The van der Waals surface area contributed by atoms with Crippen molar-refractivity contribution in [1.29, 1.82) is 0 Å². The van der Waals surface area contributed by atoms with E-state index in [1.165, 1.54) is 0 Å². The number of hydrogen-bond donors (Lipinski definition) is 1. The Morgan fingerprint density at radius 1 is 1.26 bits per heavy atom. The second-order valence-electron chi connectivity index (χ2n) is 5.60. The van der Waals surface area contributed by atoms with Crippen LogP contribution in [0.15, 0.2) is 18.2 Å². The number of halogens is 2. The molecule has 19 heavy (non-hydrogen) atoms. The van der Waals surface area contributed by atoms with E-state index in [2.05, 4.69) is 45.1 Å². The summed E-state index contributed by atoms with van der Waals surface area (Å²) in [6.07, 6.45) is 0.860. The molecule has 1 rings (SSSR count). The first-order chi connectivity index (χ1) is 8.78. The van der Waals surface area contributed by atoms with Crippen molar-refractivity contribution in [1.82, 2.24) is 10.2 Å². The molecular formula is C15H24Cl2N2. The molecule has 1 aromatic rings. The van der Waals surface area contributed by atoms with Crippen LogP contribution in [-0.4, -0.2) is 37.1 Å². The summed E-state index contributed by atoms with van der Waals surface area (Å²) in [5, 5.41) is 5.07. The molecule has 1 unspecified atom stereocenters. The average molecular weight is 303 g/mol. The van der Waals surface area contributed by atoms with Gasteiger partial charge in [-0.05, 0) is 64.7 Å². The van der Waals surface area contributed by atoms with Gasteiger partial charge in [-0.15, -0.1) is 0 Å². The van der Waals surface area contributed by atoms with Crippen LogP contribution in [0.4, 0.5) is 0 Å². The van der Waals surface area contributed by atoms with Gasteiger partial charge in [-0.3, -0.25) is 0 Å². The van der Waals surface area contributed by atoms with E-state index in [0.29, 0.717) is 6.04 Å². The van der Waals surface area contributed by atoms with Gasteiger partial charge in [0.15, 0.2) is 0 Å². The molecule has 1 N–H and O–H groups in total. The Balaban J connectivity index is 2.99. The molecule has 2 nitrogen and oxygen atoms in total. The van der Waals surface area contributed by atoms with Crippen molar-refractivity contribution in [2.24, 2.45) is 0 Å². The lowest BCUT2D eigenvalue weighted by molar-refractivity contribution is 0.138. The van der Waals surface area contributed by atoms with E-state index in [1.54, 1.807) is 0 Å². The predicted octanol–water partition coefficient (Wildman–Crippen LogP) is 3.85. The fraction of sp³-hybridized carbons (Fsp3) is 0.600. The van der Waals surface area contributed by atoms with Crippen molar-refractivity contribution in [3.63, 3.8) is 0 Å². The number of benzene rings is 1. The third kappa shape index (κ3) is 4.35. The minimum atomic E-state index is 0.0294. The van der Waals surface area contributed by atoms with Crippen LogP contribution in [0.2, 0.25) is 10.0 Å². The van der Waals surface area contributed by atoms with Crippen LogP contribution in [0.3, 0.4) is 0 Å². The van der Waals surface area contributed by atoms with Crippen LogP contribution in [0.1, 0.15) is 26.3 Å². The average Bonchev–Trinajstić information content (AvgIpc) is 2.32. The Kier molecular flexibility index (Phi) is 6.13. The molecule has 0 aliphatic rings. The standard InChI is InChI=1S/C15H24Cl2N2/c1-6-18-14(15(2,3)19(4)5)10-11-9-12(16)7-8-13(11)17/h7-9,14,18H,6,10H2,1-5H3. The highest BCUT2D eigenvalue weighted by Gasteiger charge is 2.31. The van der Waals surface area contributed by atoms with E-state index in [9.17, 15) is 0 Å². The van der Waals surface area contributed by atoms with E-state index in [0.717, 1.165) is 28.6 Å². The van der Waals surface area contributed by atoms with E-state index >= 15 is 0 Å². The minimum Gasteiger partial charge on any atom is -0.312 e. The van der Waals surface area contributed by atoms with Gasteiger partial charge in [0.1, 0.15) is 0 Å². The summed E-state index contributed by atoms with van der Waals surface area (Å²) in [5.41, 5.74) is 1.12. The molecule has 0 bridgehead atoms. The summed E-state index contributed by atoms with van der Waals surface area (Å²) in [5.74, 6) is 0. The molecule has 108 valence electrons. The zero-order chi connectivity index (χ0) is 14.6. The van der Waals surface area contributed by atoms with Crippen molar-refractivity contribution in [2.75, 3.05) is 20.6 Å². The first-order valence-corrected chi connectivity index (χ1v) is 7.39. The molecule has 0 radical (unpaired) electrons. The van der Waals surface area contributed by atoms with Gasteiger partial charge in [0, 0.05) is 21.6 Å². The molecule has 0 saturated heterocycles. The quantitative estimate of drug-likeness (QED) is 0.858. The molecule has 0 fully saturated rings. The van der Waals surface area contributed by atoms with Gasteiger partial charge >= 0.3 is 0 Å². The van der Waals surface area contributed by atoms with Gasteiger partial charge in [-0.1, -0.05) is 30.1 Å². The largest absolute Gasteiger partial charge is 0.312 e. The van der Waals surface area contributed by atoms with Gasteiger partial charge < -0.3 is 10.2 Å². The lowest BCUT2D eigenvalue weighted by Crippen LogP contribution is -2.56. The van der Waals surface area contributed by atoms with Crippen molar-refractivity contribution in [2.45, 2.75) is 38.8 Å². The lowest BCUT2D eigenvalue weighted by atomic mass is 9.88. The Bertz CT molecular complexity index is 417. The highest BCUT2D eigenvalue weighted by atomic mass is 35.5. The Labute approximate surface area is 127 Å². The molecule has 0 aromatic heterocycles. The number of hydrogen-bond acceptors (Lipinski definition) is 2. The maximum Gasteiger partial charge on any atom is 0.0439 e. The van der Waals surface area contributed by atoms with E-state index in [1.807, 2.05) is 18.2 Å². The van der Waals surface area contributed by atoms with Gasteiger partial charge in [0.25, 0.3) is 0 Å². The highest BCUT2D eigenvalue weighted by molar-refractivity contribution is 6.33. The van der Waals surface area contributed by atoms with E-state index < -0.39 is 0 Å². The smallest absolute Gasteiger partial charge is 0.0439 e. The maximum absolute atomic E-state index is 6.27. The van der Waals surface area contributed by atoms with Crippen LogP contribution in [0.25, 0.3) is 0 Å². The van der Waals surface area contributed by atoms with Crippen molar-refractivity contribution in [3.8, 4) is 0 Å². The minimum absolute atomic E-state index is 0.0294. The van der Waals surface area contributed by atoms with Crippen molar-refractivity contribution >= 4 is 23.2 Å². The fourth-order valence-electron chi connectivity index (χ4n) is 2.05. The zero-order valence-corrected chi connectivity index (χ0v) is 13.9. The third-order valence-corrected chi connectivity index (χ3v) is 4.49. The second-order valence-corrected chi connectivity index (χ2v) is 6.44. The Hall–Kier alpha value is -0.280. The summed E-state index contributed by atoms with van der Waals surface area (Å²) < 4.78 is 0. The number of likely N-dealkylation sites (N-methyl/N-ethyl adjacent to an activating group) is 2. The molecule has 0 aliphatic heterocycles. The van der Waals surface area contributed by atoms with Crippen LogP contribution in [-0.2, 0) is 6.42 Å². The summed E-state index contributed by atoms with van der Waals surface area (Å²) in [6.45, 7) is 7.52. The van der Waals surface area contributed by atoms with E-state index in [-0.39, 0.29) is 5.54 Å². The lowest BCUT2D eigenvalue weighted by Gasteiger charge is -2.41. The SMILES string of the molecule is CCNC(Cc1cc(Cl)ccc1Cl)C(C)(C)N(C)C. The van der Waals surface area contributed by atoms with Crippen molar-refractivity contribution in [3.05, 3.63) is 33.8 Å². The molecule has 4 heteroatoms. The molecule has 0 saturated carbocycles. The van der Waals surface area contributed by atoms with Crippen LogP contribution >= 0.6 is 23.2 Å².